The van der Waals surface area contributed by atoms with E-state index in [9.17, 15) is 0 Å². The Balaban J connectivity index is 0.000000221. The quantitative estimate of drug-likeness (QED) is 0.261. The molecule has 0 N–H and O–H groups in total. The molecule has 5 aromatic carbocycles. The van der Waals surface area contributed by atoms with E-state index >= 15 is 0 Å². The first-order valence-electron chi connectivity index (χ1n) is 12.8. The van der Waals surface area contributed by atoms with Gasteiger partial charge in [0.05, 0.1) is 0 Å². The number of benzene rings is 4. The first-order chi connectivity index (χ1) is 18.5. The minimum absolute atomic E-state index is 0. The van der Waals surface area contributed by atoms with Crippen molar-refractivity contribution in [3.05, 3.63) is 173 Å². The average molecular weight is 639 g/mol. The Morgan fingerprint density at radius 2 is 1.35 bits per heavy atom. The van der Waals surface area contributed by atoms with E-state index in [1.807, 2.05) is 18.2 Å². The van der Waals surface area contributed by atoms with Crippen LogP contribution in [0.25, 0.3) is 23.3 Å². The fraction of sp³-hybridized carbons (Fsp3) is 0.0811. The average Bonchev–Trinajstić information content (AvgIpc) is 3.54. The van der Waals surface area contributed by atoms with Crippen LogP contribution in [-0.4, -0.2) is 3.21 Å². The standard InChI is InChI=1S/C17H13.C13H10.C7H9.2ClH.Zr/c1-3-12-5-7-14-11-15-8-6-13(4-2)10-17(15)16(14)9-12;1-3-7-12(8-4-1)11-13-9-5-2-6-10-13;1-6-3-4-7(2)5-6;;;/h3-7,9-10H,1-2,11H2;1-10H;3-5H,1-2H3;2*1H;/q-1;;-1;;;+2/p-2. The molecule has 0 fully saturated rings. The Bertz CT molecular complexity index is 1430. The summed E-state index contributed by atoms with van der Waals surface area (Å²) in [7, 11) is 0. The Morgan fingerprint density at radius 3 is 1.82 bits per heavy atom. The molecule has 6 rings (SSSR count). The fourth-order valence-electron chi connectivity index (χ4n) is 4.46. The topological polar surface area (TPSA) is 0 Å². The van der Waals surface area contributed by atoms with Crippen molar-refractivity contribution in [3.63, 3.8) is 0 Å². The van der Waals surface area contributed by atoms with Crippen molar-refractivity contribution in [2.45, 2.75) is 20.3 Å². The zero-order valence-corrected chi connectivity index (χ0v) is 26.9. The molecule has 200 valence electrons. The van der Waals surface area contributed by atoms with E-state index in [1.165, 1.54) is 77.5 Å². The number of rotatable bonds is 4. The van der Waals surface area contributed by atoms with Crippen LogP contribution in [0.4, 0.5) is 0 Å². The molecule has 0 amide bonds. The molecule has 0 saturated heterocycles. The van der Waals surface area contributed by atoms with Gasteiger partial charge < -0.3 is 24.8 Å². The molecular formula is C37H32Cl2Zr-2. The third-order valence-corrected chi connectivity index (χ3v) is 7.92. The predicted octanol–water partition coefficient (Wildman–Crippen LogP) is 3.18. The van der Waals surface area contributed by atoms with Crippen molar-refractivity contribution in [3.8, 4) is 11.1 Å². The number of aryl methyl sites for hydroxylation is 2. The molecule has 0 radical (unpaired) electrons. The van der Waals surface area contributed by atoms with Crippen LogP contribution in [0.15, 0.2) is 122 Å². The molecule has 1 aliphatic rings. The summed E-state index contributed by atoms with van der Waals surface area (Å²) in [6, 6.07) is 41.6. The van der Waals surface area contributed by atoms with E-state index < -0.39 is 0 Å². The van der Waals surface area contributed by atoms with Gasteiger partial charge in [-0.2, -0.15) is 41.5 Å². The third kappa shape index (κ3) is 8.77. The van der Waals surface area contributed by atoms with Gasteiger partial charge in [0.2, 0.25) is 0 Å². The fourth-order valence-corrected chi connectivity index (χ4v) is 5.28. The summed E-state index contributed by atoms with van der Waals surface area (Å²) in [5.74, 6) is 0. The summed E-state index contributed by atoms with van der Waals surface area (Å²) in [6.45, 7) is 11.8. The van der Waals surface area contributed by atoms with Gasteiger partial charge in [-0.25, -0.2) is 11.6 Å². The van der Waals surface area contributed by atoms with Crippen molar-refractivity contribution in [1.82, 2.24) is 0 Å². The van der Waals surface area contributed by atoms with E-state index in [1.54, 1.807) is 0 Å². The van der Waals surface area contributed by atoms with Gasteiger partial charge in [-0.3, -0.25) is 0 Å². The molecule has 0 atom stereocenters. The van der Waals surface area contributed by atoms with Crippen molar-refractivity contribution in [2.75, 3.05) is 0 Å². The summed E-state index contributed by atoms with van der Waals surface area (Å²) < 4.78 is 1.42. The molecule has 3 heteroatoms. The molecule has 0 unspecified atom stereocenters. The first kappa shape index (κ1) is 33.3. The van der Waals surface area contributed by atoms with Gasteiger partial charge in [0, 0.05) is 0 Å². The Morgan fingerprint density at radius 1 is 0.775 bits per heavy atom. The predicted molar refractivity (Wildman–Crippen MR) is 161 cm³/mol. The van der Waals surface area contributed by atoms with Crippen LogP contribution >= 0.6 is 0 Å². The Kier molecular flexibility index (Phi) is 13.6. The van der Waals surface area contributed by atoms with E-state index in [4.69, 9.17) is 0 Å². The summed E-state index contributed by atoms with van der Waals surface area (Å²) in [5, 5.41) is 0. The molecule has 40 heavy (non-hydrogen) atoms. The molecule has 0 aliphatic heterocycles. The molecule has 1 aliphatic carbocycles. The van der Waals surface area contributed by atoms with Gasteiger partial charge in [-0.1, -0.05) is 55.8 Å². The molecule has 0 bridgehead atoms. The molecule has 0 spiro atoms. The summed E-state index contributed by atoms with van der Waals surface area (Å²) in [5.41, 5.74) is 12.9. The van der Waals surface area contributed by atoms with Crippen LogP contribution in [0.2, 0.25) is 0 Å². The minimum atomic E-state index is 0. The van der Waals surface area contributed by atoms with E-state index in [0.29, 0.717) is 0 Å². The van der Waals surface area contributed by atoms with Gasteiger partial charge in [-0.15, -0.1) is 23.8 Å². The SMILES string of the molecule is C=Cc1c[c-]c2c(c1)-c1cc(C=C)ccc1C2.Cc1c[cH-]c(C)c1.[Cl-].[Cl-].[Zr+2]=[C](c1ccccc1)c1ccccc1. The van der Waals surface area contributed by atoms with Crippen LogP contribution in [0.5, 0.6) is 0 Å². The van der Waals surface area contributed by atoms with Crippen molar-refractivity contribution in [2.24, 2.45) is 0 Å². The maximum absolute atomic E-state index is 3.82. The number of hydrogen-bond donors (Lipinski definition) is 0. The van der Waals surface area contributed by atoms with Gasteiger partial charge >= 0.3 is 99.2 Å². The van der Waals surface area contributed by atoms with Crippen LogP contribution < -0.4 is 24.8 Å². The van der Waals surface area contributed by atoms with Crippen LogP contribution in [0.3, 0.4) is 0 Å². The van der Waals surface area contributed by atoms with Gasteiger partial charge in [-0.05, 0) is 12.0 Å². The van der Waals surface area contributed by atoms with Gasteiger partial charge in [0.15, 0.2) is 0 Å². The second-order valence-electron chi connectivity index (χ2n) is 9.40. The Labute approximate surface area is 267 Å². The van der Waals surface area contributed by atoms with Crippen molar-refractivity contribution < 1.29 is 49.0 Å². The second kappa shape index (κ2) is 16.3. The molecule has 0 aromatic heterocycles. The number of halogens is 2. The molecule has 0 heterocycles. The molecule has 5 aromatic rings. The van der Waals surface area contributed by atoms with E-state index in [-0.39, 0.29) is 24.8 Å². The van der Waals surface area contributed by atoms with E-state index in [2.05, 4.69) is 136 Å². The summed E-state index contributed by atoms with van der Waals surface area (Å²) in [4.78, 5) is 0. The third-order valence-electron chi connectivity index (χ3n) is 6.50. The van der Waals surface area contributed by atoms with Crippen LogP contribution in [-0.2, 0) is 30.7 Å². The number of fused-ring (bicyclic) bond motifs is 3. The maximum atomic E-state index is 3.82. The second-order valence-corrected chi connectivity index (χ2v) is 10.6. The monoisotopic (exact) mass is 636 g/mol. The number of hydrogen-bond acceptors (Lipinski definition) is 0. The van der Waals surface area contributed by atoms with E-state index in [0.717, 1.165) is 12.0 Å². The van der Waals surface area contributed by atoms with Crippen LogP contribution in [0.1, 0.15) is 44.5 Å². The van der Waals surface area contributed by atoms with Crippen LogP contribution in [0, 0.1) is 19.9 Å². The molecule has 0 saturated carbocycles. The summed E-state index contributed by atoms with van der Waals surface area (Å²) in [6.07, 6.45) is 4.74. The van der Waals surface area contributed by atoms with Gasteiger partial charge in [0.1, 0.15) is 0 Å². The Hall–Kier alpha value is -2.96. The first-order valence-corrected chi connectivity index (χ1v) is 14.0. The van der Waals surface area contributed by atoms with Crippen molar-refractivity contribution >= 4 is 15.4 Å². The van der Waals surface area contributed by atoms with Gasteiger partial charge in [0.25, 0.3) is 0 Å². The van der Waals surface area contributed by atoms with Crippen molar-refractivity contribution in [1.29, 1.82) is 0 Å². The molecular weight excluding hydrogens is 607 g/mol. The zero-order valence-electron chi connectivity index (χ0n) is 22.9. The normalized spacial score (nSPS) is 10.1. The summed E-state index contributed by atoms with van der Waals surface area (Å²) >= 11 is 1.46. The zero-order chi connectivity index (χ0) is 26.9. The molecule has 0 nitrogen and oxygen atoms in total.